The van der Waals surface area contributed by atoms with Gasteiger partial charge in [0.1, 0.15) is 5.75 Å². The normalized spacial score (nSPS) is 17.2. The molecule has 0 bridgehead atoms. The Morgan fingerprint density at radius 1 is 1.27 bits per heavy atom. The minimum atomic E-state index is -0.712. The number of ether oxygens (including phenoxy) is 2. The number of benzene rings is 1. The predicted octanol–water partition coefficient (Wildman–Crippen LogP) is 3.95. The minimum Gasteiger partial charge on any atom is -0.491 e. The maximum absolute atomic E-state index is 12.7. The highest BCUT2D eigenvalue weighted by Crippen LogP contribution is 2.35. The number of urea groups is 1. The quantitative estimate of drug-likeness (QED) is 0.732. The lowest BCUT2D eigenvalue weighted by atomic mass is 9.94. The number of allylic oxidation sites excluding steroid dienone is 1. The first kappa shape index (κ1) is 20.1. The van der Waals surface area contributed by atoms with Crippen LogP contribution in [0.15, 0.2) is 29.5 Å². The number of carbonyl (C=O) groups excluding carboxylic acids is 2. The standard InChI is InChI=1S/C19H25ClN2O4/c1-10(2)9-25-18(23)16-12(5)21-19(24)22-17(16)14-8-13(20)6-7-15(14)26-11(3)4/h6-8,10-11,17H,9H2,1-5H3,(H2,21,22,24). The molecule has 1 aromatic rings. The van der Waals surface area contributed by atoms with E-state index >= 15 is 0 Å². The van der Waals surface area contributed by atoms with Gasteiger partial charge in [-0.15, -0.1) is 0 Å². The Bertz CT molecular complexity index is 728. The Morgan fingerprint density at radius 3 is 2.58 bits per heavy atom. The van der Waals surface area contributed by atoms with E-state index in [0.29, 0.717) is 34.2 Å². The van der Waals surface area contributed by atoms with Crippen LogP contribution >= 0.6 is 11.6 Å². The van der Waals surface area contributed by atoms with E-state index in [0.717, 1.165) is 0 Å². The van der Waals surface area contributed by atoms with E-state index in [4.69, 9.17) is 21.1 Å². The summed E-state index contributed by atoms with van der Waals surface area (Å²) in [7, 11) is 0. The second-order valence-corrected chi connectivity index (χ2v) is 7.35. The molecule has 1 aliphatic heterocycles. The largest absolute Gasteiger partial charge is 0.491 e. The van der Waals surface area contributed by atoms with Gasteiger partial charge < -0.3 is 20.1 Å². The van der Waals surface area contributed by atoms with Crippen LogP contribution in [0, 0.1) is 5.92 Å². The van der Waals surface area contributed by atoms with Gasteiger partial charge in [-0.2, -0.15) is 0 Å². The fourth-order valence-electron chi connectivity index (χ4n) is 2.62. The van der Waals surface area contributed by atoms with Crippen molar-refractivity contribution in [2.45, 2.75) is 46.8 Å². The van der Waals surface area contributed by atoms with Crippen molar-refractivity contribution in [3.05, 3.63) is 40.1 Å². The lowest BCUT2D eigenvalue weighted by molar-refractivity contribution is -0.140. The lowest BCUT2D eigenvalue weighted by Crippen LogP contribution is -2.45. The number of halogens is 1. The Hall–Kier alpha value is -2.21. The van der Waals surface area contributed by atoms with Gasteiger partial charge in [-0.3, -0.25) is 0 Å². The van der Waals surface area contributed by atoms with Crippen molar-refractivity contribution in [3.8, 4) is 5.75 Å². The summed E-state index contributed by atoms with van der Waals surface area (Å²) < 4.78 is 11.2. The summed E-state index contributed by atoms with van der Waals surface area (Å²) in [5.41, 5.74) is 1.39. The lowest BCUT2D eigenvalue weighted by Gasteiger charge is -2.30. The second-order valence-electron chi connectivity index (χ2n) is 6.91. The van der Waals surface area contributed by atoms with Crippen molar-refractivity contribution >= 4 is 23.6 Å². The van der Waals surface area contributed by atoms with Crippen LogP contribution in [0.2, 0.25) is 5.02 Å². The summed E-state index contributed by atoms with van der Waals surface area (Å²) in [6, 6.07) is 4.02. The SMILES string of the molecule is CC1=C(C(=O)OCC(C)C)C(c2cc(Cl)ccc2OC(C)C)NC(=O)N1. The molecule has 0 saturated carbocycles. The van der Waals surface area contributed by atoms with Gasteiger partial charge in [-0.05, 0) is 44.9 Å². The van der Waals surface area contributed by atoms with Crippen LogP contribution in [0.3, 0.4) is 0 Å². The first-order valence-electron chi connectivity index (χ1n) is 8.60. The molecule has 1 atom stereocenters. The molecular weight excluding hydrogens is 356 g/mol. The maximum Gasteiger partial charge on any atom is 0.338 e. The monoisotopic (exact) mass is 380 g/mol. The van der Waals surface area contributed by atoms with Gasteiger partial charge >= 0.3 is 12.0 Å². The third kappa shape index (κ3) is 4.91. The number of esters is 1. The molecule has 7 heteroatoms. The van der Waals surface area contributed by atoms with Crippen molar-refractivity contribution in [1.29, 1.82) is 0 Å². The van der Waals surface area contributed by atoms with Gasteiger partial charge in [0.2, 0.25) is 0 Å². The van der Waals surface area contributed by atoms with Gasteiger partial charge in [0.15, 0.2) is 0 Å². The molecule has 1 unspecified atom stereocenters. The highest BCUT2D eigenvalue weighted by molar-refractivity contribution is 6.30. The summed E-state index contributed by atoms with van der Waals surface area (Å²) in [5, 5.41) is 5.89. The number of amides is 2. The Balaban J connectivity index is 2.47. The zero-order valence-electron chi connectivity index (χ0n) is 15.7. The molecule has 142 valence electrons. The third-order valence-electron chi connectivity index (χ3n) is 3.68. The zero-order chi connectivity index (χ0) is 19.4. The molecule has 1 aromatic carbocycles. The van der Waals surface area contributed by atoms with Crippen LogP contribution in [0.5, 0.6) is 5.75 Å². The van der Waals surface area contributed by atoms with Crippen LogP contribution in [0.25, 0.3) is 0 Å². The third-order valence-corrected chi connectivity index (χ3v) is 3.92. The number of nitrogens with one attached hydrogen (secondary N) is 2. The highest BCUT2D eigenvalue weighted by atomic mass is 35.5. The number of hydrogen-bond acceptors (Lipinski definition) is 4. The summed E-state index contributed by atoms with van der Waals surface area (Å²) >= 11 is 6.16. The van der Waals surface area contributed by atoms with Crippen molar-refractivity contribution in [1.82, 2.24) is 10.6 Å². The topological polar surface area (TPSA) is 76.7 Å². The molecule has 1 aliphatic rings. The Labute approximate surface area is 158 Å². The fourth-order valence-corrected chi connectivity index (χ4v) is 2.80. The molecule has 0 aliphatic carbocycles. The molecule has 0 saturated heterocycles. The molecular formula is C19H25ClN2O4. The van der Waals surface area contributed by atoms with E-state index in [1.54, 1.807) is 25.1 Å². The van der Waals surface area contributed by atoms with Gasteiger partial charge in [0, 0.05) is 16.3 Å². The second kappa shape index (κ2) is 8.45. The predicted molar refractivity (Wildman–Crippen MR) is 100 cm³/mol. The molecule has 6 nitrogen and oxygen atoms in total. The molecule has 0 fully saturated rings. The number of rotatable bonds is 6. The van der Waals surface area contributed by atoms with E-state index in [2.05, 4.69) is 10.6 Å². The van der Waals surface area contributed by atoms with E-state index in [1.807, 2.05) is 27.7 Å². The van der Waals surface area contributed by atoms with Crippen LogP contribution in [-0.2, 0) is 9.53 Å². The summed E-state index contributed by atoms with van der Waals surface area (Å²) in [4.78, 5) is 24.7. The van der Waals surface area contributed by atoms with E-state index in [-0.39, 0.29) is 12.0 Å². The molecule has 2 amide bonds. The molecule has 2 rings (SSSR count). The van der Waals surface area contributed by atoms with Crippen LogP contribution in [-0.4, -0.2) is 24.7 Å². The van der Waals surface area contributed by atoms with Crippen LogP contribution in [0.1, 0.15) is 46.2 Å². The minimum absolute atomic E-state index is 0.0752. The van der Waals surface area contributed by atoms with E-state index < -0.39 is 18.0 Å². The molecule has 0 aromatic heterocycles. The smallest absolute Gasteiger partial charge is 0.338 e. The van der Waals surface area contributed by atoms with Crippen molar-refractivity contribution < 1.29 is 19.1 Å². The van der Waals surface area contributed by atoms with Crippen LogP contribution in [0.4, 0.5) is 4.79 Å². The van der Waals surface area contributed by atoms with E-state index in [1.165, 1.54) is 0 Å². The van der Waals surface area contributed by atoms with Crippen molar-refractivity contribution in [2.75, 3.05) is 6.61 Å². The van der Waals surface area contributed by atoms with Crippen LogP contribution < -0.4 is 15.4 Å². The van der Waals surface area contributed by atoms with E-state index in [9.17, 15) is 9.59 Å². The average Bonchev–Trinajstić information content (AvgIpc) is 2.53. The summed E-state index contributed by atoms with van der Waals surface area (Å²) in [5.74, 6) is 0.276. The molecule has 1 heterocycles. The van der Waals surface area contributed by atoms with Gasteiger partial charge in [0.05, 0.1) is 24.3 Å². The van der Waals surface area contributed by atoms with Crippen molar-refractivity contribution in [2.24, 2.45) is 5.92 Å². The summed E-state index contributed by atoms with van der Waals surface area (Å²) in [6.45, 7) is 9.68. The maximum atomic E-state index is 12.7. The summed E-state index contributed by atoms with van der Waals surface area (Å²) in [6.07, 6.45) is -0.0752. The van der Waals surface area contributed by atoms with Gasteiger partial charge in [0.25, 0.3) is 0 Å². The molecule has 0 spiro atoms. The molecule has 26 heavy (non-hydrogen) atoms. The first-order valence-corrected chi connectivity index (χ1v) is 8.98. The average molecular weight is 381 g/mol. The number of carbonyl (C=O) groups is 2. The number of hydrogen-bond donors (Lipinski definition) is 2. The fraction of sp³-hybridized carbons (Fsp3) is 0.474. The molecule has 0 radical (unpaired) electrons. The van der Waals surface area contributed by atoms with Gasteiger partial charge in [-0.25, -0.2) is 9.59 Å². The highest BCUT2D eigenvalue weighted by Gasteiger charge is 2.34. The van der Waals surface area contributed by atoms with Crippen molar-refractivity contribution in [3.63, 3.8) is 0 Å². The Morgan fingerprint density at radius 2 is 1.96 bits per heavy atom. The zero-order valence-corrected chi connectivity index (χ0v) is 16.4. The Kier molecular flexibility index (Phi) is 6.53. The molecule has 2 N–H and O–H groups in total. The van der Waals surface area contributed by atoms with Gasteiger partial charge in [-0.1, -0.05) is 25.4 Å². The first-order chi connectivity index (χ1) is 12.2.